The molecular weight excluding hydrogens is 103 g/mol. The van der Waals surface area contributed by atoms with Crippen LogP contribution in [0.3, 0.4) is 0 Å². The Morgan fingerprint density at radius 1 is 1.25 bits per heavy atom. The van der Waals surface area contributed by atoms with Gasteiger partial charge < -0.3 is 0 Å². The fourth-order valence-corrected chi connectivity index (χ4v) is 0. The molecule has 0 unspecified atom stereocenters. The maximum Gasteiger partial charge on any atom is 0.316 e. The molecule has 0 bridgehead atoms. The topological polar surface area (TPSA) is 20.2 Å². The van der Waals surface area contributed by atoms with E-state index in [1.807, 2.05) is 0 Å². The summed E-state index contributed by atoms with van der Waals surface area (Å²) in [5, 5.41) is 0. The van der Waals surface area contributed by atoms with Gasteiger partial charge in [0.1, 0.15) is 0 Å². The second kappa shape index (κ2) is 23.9. The fourth-order valence-electron chi connectivity index (χ4n) is 0. The van der Waals surface area contributed by atoms with Crippen molar-refractivity contribution >= 4 is 52.3 Å². The summed E-state index contributed by atoms with van der Waals surface area (Å²) < 4.78 is 6.47. The van der Waals surface area contributed by atoms with Gasteiger partial charge in [0.25, 0.3) is 0 Å². The minimum Gasteiger partial charge on any atom is -0.295 e. The van der Waals surface area contributed by atoms with Gasteiger partial charge in [-0.15, -0.1) is 0 Å². The second-order valence-electron chi connectivity index (χ2n) is 0. The van der Waals surface area contributed by atoms with Crippen LogP contribution in [0.5, 0.6) is 0 Å². The van der Waals surface area contributed by atoms with Gasteiger partial charge in [0.05, 0.1) is 11.9 Å². The zero-order valence-corrected chi connectivity index (χ0v) is 1.58. The van der Waals surface area contributed by atoms with Gasteiger partial charge in [-0.1, -0.05) is 0 Å². The van der Waals surface area contributed by atoms with Crippen LogP contribution >= 0.6 is 11.9 Å². The number of hydrogen-bond donors (Lipinski definition) is 1. The standard InChI is InChI=1S/Al.ClHO.Mg.5H/c;1-2;;;;;;/h;2H;;;;;;. The van der Waals surface area contributed by atoms with Crippen molar-refractivity contribution in [1.29, 1.82) is 0 Å². The molecule has 0 rings (SSSR count). The summed E-state index contributed by atoms with van der Waals surface area (Å²) in [4.78, 5) is 0. The summed E-state index contributed by atoms with van der Waals surface area (Å²) >= 11 is 3.64. The van der Waals surface area contributed by atoms with Crippen LogP contribution in [0.15, 0.2) is 0 Å². The monoisotopic (exact) mass is 108 g/mol. The normalized spacial score (nSPS) is 1.50. The molecule has 0 aliphatic carbocycles. The van der Waals surface area contributed by atoms with Crippen LogP contribution in [-0.4, -0.2) is 45.1 Å². The van der Waals surface area contributed by atoms with E-state index in [-0.39, 0.29) is 40.4 Å². The largest absolute Gasteiger partial charge is 0.316 e. The van der Waals surface area contributed by atoms with E-state index in [1.165, 1.54) is 0 Å². The Morgan fingerprint density at radius 2 is 1.25 bits per heavy atom. The van der Waals surface area contributed by atoms with Gasteiger partial charge in [0.2, 0.25) is 0 Å². The predicted molar refractivity (Wildman–Crippen MR) is 26.6 cm³/mol. The van der Waals surface area contributed by atoms with Crippen molar-refractivity contribution in [2.24, 2.45) is 0 Å². The van der Waals surface area contributed by atoms with Crippen LogP contribution in [0.4, 0.5) is 0 Å². The lowest BCUT2D eigenvalue weighted by atomic mass is 15.9. The van der Waals surface area contributed by atoms with E-state index in [9.17, 15) is 0 Å². The summed E-state index contributed by atoms with van der Waals surface area (Å²) in [5.74, 6) is 0. The highest BCUT2D eigenvalue weighted by atomic mass is 35.5. The number of halogens is 1. The molecule has 0 saturated carbocycles. The van der Waals surface area contributed by atoms with E-state index in [2.05, 4.69) is 11.9 Å². The Labute approximate surface area is 56.8 Å². The minimum absolute atomic E-state index is 0. The average Bonchev–Trinajstić information content (AvgIpc) is 1.00. The van der Waals surface area contributed by atoms with Gasteiger partial charge in [-0.2, -0.15) is 0 Å². The summed E-state index contributed by atoms with van der Waals surface area (Å²) in [6.07, 6.45) is 0. The molecule has 0 aliphatic heterocycles. The first-order valence-electron chi connectivity index (χ1n) is 0.169. The lowest BCUT2D eigenvalue weighted by molar-refractivity contribution is 0.632. The van der Waals surface area contributed by atoms with E-state index in [0.717, 1.165) is 0 Å². The molecule has 0 amide bonds. The third-order valence-electron chi connectivity index (χ3n) is 0. The van der Waals surface area contributed by atoms with Gasteiger partial charge in [0.15, 0.2) is 17.4 Å². The van der Waals surface area contributed by atoms with Crippen molar-refractivity contribution in [3.63, 3.8) is 0 Å². The average molecular weight is 109 g/mol. The smallest absolute Gasteiger partial charge is 0.295 e. The molecule has 24 valence electrons. The molecule has 0 aromatic carbocycles. The minimum atomic E-state index is 0. The van der Waals surface area contributed by atoms with Crippen molar-refractivity contribution < 1.29 is 4.66 Å². The highest BCUT2D eigenvalue weighted by Gasteiger charge is 0.897. The zero-order chi connectivity index (χ0) is 2.00. The summed E-state index contributed by atoms with van der Waals surface area (Å²) in [6.45, 7) is 0. The van der Waals surface area contributed by atoms with Gasteiger partial charge in [-0.05, 0) is 0 Å². The molecule has 4 heavy (non-hydrogen) atoms. The molecule has 0 radical (unpaired) electrons. The Balaban J connectivity index is -0.00000000500. The van der Waals surface area contributed by atoms with E-state index < -0.39 is 0 Å². The first-order chi connectivity index (χ1) is 1.00. The van der Waals surface area contributed by atoms with Gasteiger partial charge >= 0.3 is 23.1 Å². The lowest BCUT2D eigenvalue weighted by Gasteiger charge is -1.13. The highest BCUT2D eigenvalue weighted by molar-refractivity contribution is 6.04. The molecule has 0 atom stereocenters. The van der Waals surface area contributed by atoms with Crippen LogP contribution in [0.25, 0.3) is 0 Å². The van der Waals surface area contributed by atoms with Crippen LogP contribution in [0.1, 0.15) is 0 Å². The molecule has 0 aromatic rings. The van der Waals surface area contributed by atoms with Crippen molar-refractivity contribution in [3.8, 4) is 0 Å². The molecule has 0 fully saturated rings. The molecule has 0 heterocycles. The van der Waals surface area contributed by atoms with E-state index in [1.54, 1.807) is 0 Å². The molecule has 0 saturated heterocycles. The van der Waals surface area contributed by atoms with Gasteiger partial charge in [-0.3, -0.25) is 4.66 Å². The predicted octanol–water partition coefficient (Wildman–Crippen LogP) is -1.97. The zero-order valence-electron chi connectivity index (χ0n) is 0.825. The van der Waals surface area contributed by atoms with Crippen LogP contribution in [0.2, 0.25) is 0 Å². The van der Waals surface area contributed by atoms with Gasteiger partial charge in [-0.25, -0.2) is 0 Å². The van der Waals surface area contributed by atoms with Crippen LogP contribution in [0, 0.1) is 0 Å². The van der Waals surface area contributed by atoms with E-state index in [0.29, 0.717) is 0 Å². The first kappa shape index (κ1) is 17.7. The van der Waals surface area contributed by atoms with Crippen molar-refractivity contribution in [2.75, 3.05) is 0 Å². The van der Waals surface area contributed by atoms with Gasteiger partial charge in [0, 0.05) is 0 Å². The van der Waals surface area contributed by atoms with Crippen molar-refractivity contribution in [2.45, 2.75) is 0 Å². The van der Waals surface area contributed by atoms with E-state index in [4.69, 9.17) is 4.66 Å². The second-order valence-corrected chi connectivity index (χ2v) is 0. The van der Waals surface area contributed by atoms with E-state index >= 15 is 0 Å². The molecular formula is H6AlClMgO. The highest BCUT2D eigenvalue weighted by Crippen LogP contribution is 1.31. The molecule has 4 heteroatoms. The third-order valence-corrected chi connectivity index (χ3v) is 0. The molecule has 1 nitrogen and oxygen atoms in total. The third kappa shape index (κ3) is 9.61. The fraction of sp³-hybridized carbons (Fsp3) is 0. The number of rotatable bonds is 0. The Bertz CT molecular complexity index is 8.00. The maximum atomic E-state index is 6.47. The van der Waals surface area contributed by atoms with Crippen molar-refractivity contribution in [3.05, 3.63) is 0 Å². The summed E-state index contributed by atoms with van der Waals surface area (Å²) in [6, 6.07) is 0. The molecule has 0 aliphatic rings. The molecule has 1 N–H and O–H groups in total. The number of hydrogen-bond acceptors (Lipinski definition) is 1. The van der Waals surface area contributed by atoms with Crippen LogP contribution in [-0.2, 0) is 0 Å². The maximum absolute atomic E-state index is 6.47. The SMILES string of the molecule is OCl.[AlH3].[MgH2]. The summed E-state index contributed by atoms with van der Waals surface area (Å²) in [7, 11) is 0. The first-order valence-corrected chi connectivity index (χ1v) is 0.507. The summed E-state index contributed by atoms with van der Waals surface area (Å²) in [5.41, 5.74) is 0. The Hall–Kier alpha value is 1.55. The van der Waals surface area contributed by atoms with Crippen molar-refractivity contribution in [1.82, 2.24) is 0 Å². The Kier molecular flexibility index (Phi) is 106. The van der Waals surface area contributed by atoms with Crippen LogP contribution < -0.4 is 0 Å². The quantitative estimate of drug-likeness (QED) is 0.357. The molecule has 0 aromatic heterocycles. The lowest BCUT2D eigenvalue weighted by Crippen LogP contribution is -0.913. The molecule has 0 spiro atoms. The Morgan fingerprint density at radius 3 is 1.25 bits per heavy atom.